The predicted octanol–water partition coefficient (Wildman–Crippen LogP) is 1.06. The first kappa shape index (κ1) is 11.6. The van der Waals surface area contributed by atoms with Crippen LogP contribution in [0.4, 0.5) is 0 Å². The number of hydrogen-bond donors (Lipinski definition) is 1. The van der Waals surface area contributed by atoms with Crippen LogP contribution in [0, 0.1) is 6.92 Å². The van der Waals surface area contributed by atoms with E-state index in [2.05, 4.69) is 5.16 Å². The van der Waals surface area contributed by atoms with Crippen molar-refractivity contribution in [2.45, 2.75) is 32.2 Å². The zero-order chi connectivity index (χ0) is 12.6. The second-order valence-electron chi connectivity index (χ2n) is 4.48. The van der Waals surface area contributed by atoms with Gasteiger partial charge in [0.1, 0.15) is 5.54 Å². The zero-order valence-electron chi connectivity index (χ0n) is 9.77. The summed E-state index contributed by atoms with van der Waals surface area (Å²) in [6.45, 7) is 3.70. The molecule has 6 nitrogen and oxygen atoms in total. The number of likely N-dealkylation sites (tertiary alicyclic amines) is 1. The molecule has 2 rings (SSSR count). The lowest BCUT2D eigenvalue weighted by molar-refractivity contribution is -0.147. The number of carboxylic acid groups (broad SMARTS) is 1. The molecule has 0 aromatic carbocycles. The predicted molar refractivity (Wildman–Crippen MR) is 57.6 cm³/mol. The SMILES string of the molecule is Cc1cnoc1C(=O)N1CCCC1(C)C(=O)O. The molecule has 0 spiro atoms. The maximum Gasteiger partial charge on any atom is 0.329 e. The maximum atomic E-state index is 12.2. The van der Waals surface area contributed by atoms with Crippen LogP contribution in [-0.4, -0.2) is 39.1 Å². The molecule has 1 N–H and O–H groups in total. The lowest BCUT2D eigenvalue weighted by Gasteiger charge is -2.30. The highest BCUT2D eigenvalue weighted by Crippen LogP contribution is 2.31. The molecular formula is C11H14N2O4. The molecule has 6 heteroatoms. The topological polar surface area (TPSA) is 83.6 Å². The summed E-state index contributed by atoms with van der Waals surface area (Å²) < 4.78 is 4.88. The number of nitrogens with zero attached hydrogens (tertiary/aromatic N) is 2. The molecule has 92 valence electrons. The molecule has 1 atom stereocenters. The molecule has 0 saturated carbocycles. The summed E-state index contributed by atoms with van der Waals surface area (Å²) >= 11 is 0. The van der Waals surface area contributed by atoms with Crippen LogP contribution in [0.1, 0.15) is 35.9 Å². The standard InChI is InChI=1S/C11H14N2O4/c1-7-6-12-17-8(7)9(14)13-5-3-4-11(13,2)10(15)16/h6H,3-5H2,1-2H3,(H,15,16). The van der Waals surface area contributed by atoms with Gasteiger partial charge in [0.25, 0.3) is 5.91 Å². The van der Waals surface area contributed by atoms with E-state index in [1.807, 2.05) is 0 Å². The number of rotatable bonds is 2. The zero-order valence-corrected chi connectivity index (χ0v) is 9.77. The van der Waals surface area contributed by atoms with Gasteiger partial charge in [-0.3, -0.25) is 4.79 Å². The number of amides is 1. The van der Waals surface area contributed by atoms with Gasteiger partial charge in [-0.05, 0) is 26.7 Å². The van der Waals surface area contributed by atoms with Gasteiger partial charge in [-0.15, -0.1) is 0 Å². The molecule has 17 heavy (non-hydrogen) atoms. The summed E-state index contributed by atoms with van der Waals surface area (Å²) in [7, 11) is 0. The Morgan fingerprint density at radius 2 is 2.29 bits per heavy atom. The molecule has 1 saturated heterocycles. The molecule has 2 heterocycles. The van der Waals surface area contributed by atoms with Crippen LogP contribution >= 0.6 is 0 Å². The second-order valence-corrected chi connectivity index (χ2v) is 4.48. The first-order chi connectivity index (χ1) is 7.97. The molecule has 1 aliphatic heterocycles. The van der Waals surface area contributed by atoms with E-state index in [-0.39, 0.29) is 5.76 Å². The van der Waals surface area contributed by atoms with Gasteiger partial charge in [0, 0.05) is 12.1 Å². The number of carbonyl (C=O) groups is 2. The van der Waals surface area contributed by atoms with E-state index in [0.717, 1.165) is 0 Å². The average molecular weight is 238 g/mol. The minimum Gasteiger partial charge on any atom is -0.480 e. The Balaban J connectivity index is 2.32. The molecule has 0 aliphatic carbocycles. The van der Waals surface area contributed by atoms with Crippen molar-refractivity contribution in [3.63, 3.8) is 0 Å². The maximum absolute atomic E-state index is 12.2. The summed E-state index contributed by atoms with van der Waals surface area (Å²) in [5, 5.41) is 12.8. The average Bonchev–Trinajstić information content (AvgIpc) is 2.84. The van der Waals surface area contributed by atoms with Crippen LogP contribution in [0.25, 0.3) is 0 Å². The molecule has 1 fully saturated rings. The van der Waals surface area contributed by atoms with Crippen molar-refractivity contribution in [3.05, 3.63) is 17.5 Å². The van der Waals surface area contributed by atoms with E-state index < -0.39 is 17.4 Å². The number of hydrogen-bond acceptors (Lipinski definition) is 4. The van der Waals surface area contributed by atoms with Crippen LogP contribution < -0.4 is 0 Å². The fourth-order valence-electron chi connectivity index (χ4n) is 2.13. The van der Waals surface area contributed by atoms with Gasteiger partial charge in [0.05, 0.1) is 6.20 Å². The Labute approximate surface area is 98.2 Å². The Morgan fingerprint density at radius 1 is 1.59 bits per heavy atom. The van der Waals surface area contributed by atoms with Gasteiger partial charge >= 0.3 is 5.97 Å². The molecule has 1 aromatic heterocycles. The van der Waals surface area contributed by atoms with Gasteiger partial charge in [-0.2, -0.15) is 0 Å². The summed E-state index contributed by atoms with van der Waals surface area (Å²) in [6.07, 6.45) is 2.59. The van der Waals surface area contributed by atoms with Crippen molar-refractivity contribution in [1.82, 2.24) is 10.1 Å². The lowest BCUT2D eigenvalue weighted by Crippen LogP contribution is -2.50. The summed E-state index contributed by atoms with van der Waals surface area (Å²) in [4.78, 5) is 24.8. The van der Waals surface area contributed by atoms with E-state index in [1.54, 1.807) is 13.8 Å². The molecular weight excluding hydrogens is 224 g/mol. The summed E-state index contributed by atoms with van der Waals surface area (Å²) in [6, 6.07) is 0. The van der Waals surface area contributed by atoms with E-state index >= 15 is 0 Å². The molecule has 1 aromatic rings. The monoisotopic (exact) mass is 238 g/mol. The highest BCUT2D eigenvalue weighted by atomic mass is 16.5. The third-order valence-electron chi connectivity index (χ3n) is 3.29. The van der Waals surface area contributed by atoms with Crippen molar-refractivity contribution in [2.24, 2.45) is 0 Å². The van der Waals surface area contributed by atoms with Gasteiger partial charge in [-0.1, -0.05) is 5.16 Å². The van der Waals surface area contributed by atoms with Crippen molar-refractivity contribution < 1.29 is 19.2 Å². The third-order valence-corrected chi connectivity index (χ3v) is 3.29. The van der Waals surface area contributed by atoms with E-state index in [4.69, 9.17) is 4.52 Å². The smallest absolute Gasteiger partial charge is 0.329 e. The third kappa shape index (κ3) is 1.69. The number of carbonyl (C=O) groups excluding carboxylic acids is 1. The molecule has 1 amide bonds. The van der Waals surface area contributed by atoms with Crippen LogP contribution in [0.5, 0.6) is 0 Å². The summed E-state index contributed by atoms with van der Waals surface area (Å²) in [5.41, 5.74) is -0.523. The highest BCUT2D eigenvalue weighted by Gasteiger charge is 2.47. The van der Waals surface area contributed by atoms with Gasteiger partial charge < -0.3 is 14.5 Å². The molecule has 0 bridgehead atoms. The van der Waals surface area contributed by atoms with Crippen LogP contribution in [0.15, 0.2) is 10.7 Å². The van der Waals surface area contributed by atoms with Crippen molar-refractivity contribution >= 4 is 11.9 Å². The number of aromatic nitrogens is 1. The normalized spacial score (nSPS) is 24.0. The summed E-state index contributed by atoms with van der Waals surface area (Å²) in [5.74, 6) is -1.26. The first-order valence-corrected chi connectivity index (χ1v) is 5.43. The highest BCUT2D eigenvalue weighted by molar-refractivity contribution is 5.97. The largest absolute Gasteiger partial charge is 0.480 e. The van der Waals surface area contributed by atoms with Gasteiger partial charge in [0.2, 0.25) is 5.76 Å². The van der Waals surface area contributed by atoms with Crippen LogP contribution in [0.2, 0.25) is 0 Å². The van der Waals surface area contributed by atoms with E-state index in [0.29, 0.717) is 24.9 Å². The Kier molecular flexibility index (Phi) is 2.65. The Bertz CT molecular complexity index is 468. The van der Waals surface area contributed by atoms with Gasteiger partial charge in [-0.25, -0.2) is 4.79 Å². The van der Waals surface area contributed by atoms with Crippen LogP contribution in [-0.2, 0) is 4.79 Å². The van der Waals surface area contributed by atoms with Crippen LogP contribution in [0.3, 0.4) is 0 Å². The van der Waals surface area contributed by atoms with Crippen molar-refractivity contribution in [3.8, 4) is 0 Å². The van der Waals surface area contributed by atoms with E-state index in [1.165, 1.54) is 11.1 Å². The van der Waals surface area contributed by atoms with Gasteiger partial charge in [0.15, 0.2) is 0 Å². The Hall–Kier alpha value is -1.85. The lowest BCUT2D eigenvalue weighted by atomic mass is 9.99. The number of aryl methyl sites for hydroxylation is 1. The second kappa shape index (κ2) is 3.87. The first-order valence-electron chi connectivity index (χ1n) is 5.43. The minimum atomic E-state index is -1.14. The quantitative estimate of drug-likeness (QED) is 0.832. The van der Waals surface area contributed by atoms with Crippen molar-refractivity contribution in [2.75, 3.05) is 6.54 Å². The molecule has 1 unspecified atom stereocenters. The fraction of sp³-hybridized carbons (Fsp3) is 0.545. The van der Waals surface area contributed by atoms with Crippen molar-refractivity contribution in [1.29, 1.82) is 0 Å². The van der Waals surface area contributed by atoms with E-state index in [9.17, 15) is 14.7 Å². The number of aliphatic carboxylic acids is 1. The minimum absolute atomic E-state index is 0.124. The molecule has 0 radical (unpaired) electrons. The number of carboxylic acids is 1. The Morgan fingerprint density at radius 3 is 2.82 bits per heavy atom. The fourth-order valence-corrected chi connectivity index (χ4v) is 2.13. The molecule has 1 aliphatic rings.